The molecule has 0 atom stereocenters. The summed E-state index contributed by atoms with van der Waals surface area (Å²) < 4.78 is 0. The molecule has 0 bridgehead atoms. The minimum absolute atomic E-state index is 0.0279. The summed E-state index contributed by atoms with van der Waals surface area (Å²) in [6.45, 7) is 4.39. The molecular formula is C20H22N4O. The first-order chi connectivity index (χ1) is 12.3. The van der Waals surface area contributed by atoms with Gasteiger partial charge in [0.25, 0.3) is 5.91 Å². The molecule has 5 nitrogen and oxygen atoms in total. The van der Waals surface area contributed by atoms with Gasteiger partial charge in [0, 0.05) is 38.1 Å². The Morgan fingerprint density at radius 3 is 2.48 bits per heavy atom. The summed E-state index contributed by atoms with van der Waals surface area (Å²) in [5.41, 5.74) is 2.81. The van der Waals surface area contributed by atoms with Gasteiger partial charge in [-0.15, -0.1) is 0 Å². The SMILES string of the molecule is O=C(c1n[nH]c2ccccc12)N1CCN(CCc2ccccc2)CC1. The Labute approximate surface area is 147 Å². The molecule has 5 heteroatoms. The maximum Gasteiger partial charge on any atom is 0.275 e. The van der Waals surface area contributed by atoms with Crippen molar-refractivity contribution in [2.24, 2.45) is 0 Å². The molecule has 0 saturated carbocycles. The Balaban J connectivity index is 1.34. The quantitative estimate of drug-likeness (QED) is 0.798. The fraction of sp³-hybridized carbons (Fsp3) is 0.300. The van der Waals surface area contributed by atoms with Crippen LogP contribution < -0.4 is 0 Å². The highest BCUT2D eigenvalue weighted by Crippen LogP contribution is 2.17. The molecule has 25 heavy (non-hydrogen) atoms. The van der Waals surface area contributed by atoms with Crippen LogP contribution in [0.25, 0.3) is 10.9 Å². The van der Waals surface area contributed by atoms with Gasteiger partial charge in [-0.3, -0.25) is 14.8 Å². The number of para-hydroxylation sites is 1. The van der Waals surface area contributed by atoms with Crippen molar-refractivity contribution in [2.45, 2.75) is 6.42 Å². The van der Waals surface area contributed by atoms with Gasteiger partial charge in [0.2, 0.25) is 0 Å². The molecular weight excluding hydrogens is 312 g/mol. The Morgan fingerprint density at radius 1 is 0.960 bits per heavy atom. The van der Waals surface area contributed by atoms with Crippen LogP contribution in [0.5, 0.6) is 0 Å². The minimum Gasteiger partial charge on any atom is -0.335 e. The molecule has 0 unspecified atom stereocenters. The Kier molecular flexibility index (Phi) is 4.48. The lowest BCUT2D eigenvalue weighted by Crippen LogP contribution is -2.49. The summed E-state index contributed by atoms with van der Waals surface area (Å²) in [7, 11) is 0. The van der Waals surface area contributed by atoms with Crippen LogP contribution in [0.4, 0.5) is 0 Å². The minimum atomic E-state index is 0.0279. The molecule has 4 rings (SSSR count). The van der Waals surface area contributed by atoms with Crippen LogP contribution in [0.15, 0.2) is 54.6 Å². The number of hydrogen-bond donors (Lipinski definition) is 1. The number of aromatic nitrogens is 2. The van der Waals surface area contributed by atoms with E-state index in [0.29, 0.717) is 5.69 Å². The zero-order chi connectivity index (χ0) is 17.1. The van der Waals surface area contributed by atoms with E-state index in [1.807, 2.05) is 35.2 Å². The number of H-pyrrole nitrogens is 1. The van der Waals surface area contributed by atoms with E-state index in [4.69, 9.17) is 0 Å². The number of nitrogens with one attached hydrogen (secondary N) is 1. The summed E-state index contributed by atoms with van der Waals surface area (Å²) in [5.74, 6) is 0.0279. The summed E-state index contributed by atoms with van der Waals surface area (Å²) in [6, 6.07) is 18.3. The molecule has 1 aliphatic heterocycles. The van der Waals surface area contributed by atoms with E-state index >= 15 is 0 Å². The van der Waals surface area contributed by atoms with E-state index in [9.17, 15) is 4.79 Å². The Hall–Kier alpha value is -2.66. The standard InChI is InChI=1S/C20H22N4O/c25-20(19-17-8-4-5-9-18(17)21-22-19)24-14-12-23(13-15-24)11-10-16-6-2-1-3-7-16/h1-9H,10-15H2,(H,21,22). The van der Waals surface area contributed by atoms with E-state index in [-0.39, 0.29) is 5.91 Å². The predicted octanol–water partition coefficient (Wildman–Crippen LogP) is 2.56. The van der Waals surface area contributed by atoms with Gasteiger partial charge in [0.15, 0.2) is 5.69 Å². The molecule has 2 aromatic carbocycles. The van der Waals surface area contributed by atoms with E-state index in [0.717, 1.165) is 50.0 Å². The van der Waals surface area contributed by atoms with E-state index in [2.05, 4.69) is 39.4 Å². The summed E-state index contributed by atoms with van der Waals surface area (Å²) in [4.78, 5) is 17.1. The number of benzene rings is 2. The van der Waals surface area contributed by atoms with Gasteiger partial charge in [0.05, 0.1) is 5.52 Å². The molecule has 1 aromatic heterocycles. The van der Waals surface area contributed by atoms with Gasteiger partial charge in [-0.05, 0) is 18.1 Å². The van der Waals surface area contributed by atoms with Gasteiger partial charge >= 0.3 is 0 Å². The Morgan fingerprint density at radius 2 is 1.68 bits per heavy atom. The van der Waals surface area contributed by atoms with Crippen molar-refractivity contribution in [1.29, 1.82) is 0 Å². The molecule has 0 aliphatic carbocycles. The van der Waals surface area contributed by atoms with Gasteiger partial charge in [-0.1, -0.05) is 48.5 Å². The lowest BCUT2D eigenvalue weighted by molar-refractivity contribution is 0.0634. The second-order valence-electron chi connectivity index (χ2n) is 6.49. The third-order valence-electron chi connectivity index (χ3n) is 4.89. The molecule has 1 amide bonds. The van der Waals surface area contributed by atoms with Crippen LogP contribution in [-0.4, -0.2) is 58.6 Å². The monoisotopic (exact) mass is 334 g/mol. The molecule has 1 aliphatic rings. The zero-order valence-corrected chi connectivity index (χ0v) is 14.2. The molecule has 0 spiro atoms. The third-order valence-corrected chi connectivity index (χ3v) is 4.89. The number of nitrogens with zero attached hydrogens (tertiary/aromatic N) is 3. The number of carbonyl (C=O) groups excluding carboxylic acids is 1. The van der Waals surface area contributed by atoms with Gasteiger partial charge in [-0.2, -0.15) is 5.10 Å². The van der Waals surface area contributed by atoms with Crippen LogP contribution in [-0.2, 0) is 6.42 Å². The summed E-state index contributed by atoms with van der Waals surface area (Å²) in [6.07, 6.45) is 1.05. The number of fused-ring (bicyclic) bond motifs is 1. The lowest BCUT2D eigenvalue weighted by atomic mass is 10.1. The van der Waals surface area contributed by atoms with Crippen LogP contribution in [0.2, 0.25) is 0 Å². The second-order valence-corrected chi connectivity index (χ2v) is 6.49. The number of carbonyl (C=O) groups is 1. The first kappa shape index (κ1) is 15.8. The fourth-order valence-corrected chi connectivity index (χ4v) is 3.38. The Bertz CT molecular complexity index is 850. The van der Waals surface area contributed by atoms with Crippen LogP contribution in [0, 0.1) is 0 Å². The smallest absolute Gasteiger partial charge is 0.275 e. The summed E-state index contributed by atoms with van der Waals surface area (Å²) in [5, 5.41) is 8.08. The molecule has 1 fully saturated rings. The maximum absolute atomic E-state index is 12.8. The average Bonchev–Trinajstić information content (AvgIpc) is 3.11. The molecule has 1 saturated heterocycles. The average molecular weight is 334 g/mol. The molecule has 128 valence electrons. The number of piperazine rings is 1. The molecule has 3 aromatic rings. The normalized spacial score (nSPS) is 15.6. The van der Waals surface area contributed by atoms with Gasteiger partial charge < -0.3 is 4.90 Å². The first-order valence-corrected chi connectivity index (χ1v) is 8.80. The topological polar surface area (TPSA) is 52.2 Å². The van der Waals surface area contributed by atoms with E-state index < -0.39 is 0 Å². The van der Waals surface area contributed by atoms with Crippen molar-refractivity contribution >= 4 is 16.8 Å². The van der Waals surface area contributed by atoms with Crippen molar-refractivity contribution < 1.29 is 4.79 Å². The van der Waals surface area contributed by atoms with Crippen molar-refractivity contribution in [2.75, 3.05) is 32.7 Å². The first-order valence-electron chi connectivity index (χ1n) is 8.80. The highest BCUT2D eigenvalue weighted by Gasteiger charge is 2.24. The number of aromatic amines is 1. The molecule has 0 radical (unpaired) electrons. The van der Waals surface area contributed by atoms with Crippen LogP contribution in [0.3, 0.4) is 0 Å². The van der Waals surface area contributed by atoms with Crippen molar-refractivity contribution in [1.82, 2.24) is 20.0 Å². The predicted molar refractivity (Wildman–Crippen MR) is 98.6 cm³/mol. The number of amides is 1. The van der Waals surface area contributed by atoms with E-state index in [1.165, 1.54) is 5.56 Å². The fourth-order valence-electron chi connectivity index (χ4n) is 3.38. The molecule has 1 N–H and O–H groups in total. The second kappa shape index (κ2) is 7.07. The van der Waals surface area contributed by atoms with Crippen LogP contribution in [0.1, 0.15) is 16.1 Å². The molecule has 2 heterocycles. The lowest BCUT2D eigenvalue weighted by Gasteiger charge is -2.34. The largest absolute Gasteiger partial charge is 0.335 e. The third kappa shape index (κ3) is 3.42. The highest BCUT2D eigenvalue weighted by molar-refractivity contribution is 6.04. The van der Waals surface area contributed by atoms with Crippen molar-refractivity contribution in [3.8, 4) is 0 Å². The van der Waals surface area contributed by atoms with Gasteiger partial charge in [0.1, 0.15) is 0 Å². The van der Waals surface area contributed by atoms with Crippen molar-refractivity contribution in [3.05, 3.63) is 65.9 Å². The van der Waals surface area contributed by atoms with E-state index in [1.54, 1.807) is 0 Å². The highest BCUT2D eigenvalue weighted by atomic mass is 16.2. The maximum atomic E-state index is 12.8. The number of hydrogen-bond acceptors (Lipinski definition) is 3. The number of rotatable bonds is 4. The van der Waals surface area contributed by atoms with Crippen LogP contribution >= 0.6 is 0 Å². The zero-order valence-electron chi connectivity index (χ0n) is 14.2. The van der Waals surface area contributed by atoms with Crippen molar-refractivity contribution in [3.63, 3.8) is 0 Å². The van der Waals surface area contributed by atoms with Gasteiger partial charge in [-0.25, -0.2) is 0 Å². The summed E-state index contributed by atoms with van der Waals surface area (Å²) >= 11 is 0.